The van der Waals surface area contributed by atoms with Gasteiger partial charge in [0.25, 0.3) is 0 Å². The maximum Gasteiger partial charge on any atom is 0.225 e. The molecular weight excluding hydrogens is 350 g/mol. The topological polar surface area (TPSA) is 29.0 Å². The highest BCUT2D eigenvalue weighted by Gasteiger charge is 2.18. The lowest BCUT2D eigenvalue weighted by molar-refractivity contribution is 1.12. The van der Waals surface area contributed by atoms with Crippen LogP contribution in [0, 0.1) is 6.92 Å². The summed E-state index contributed by atoms with van der Waals surface area (Å²) in [7, 11) is 2.00. The smallest absolute Gasteiger partial charge is 0.225 e. The van der Waals surface area contributed by atoms with Gasteiger partial charge in [0.1, 0.15) is 10.6 Å². The molecule has 4 rings (SSSR count). The van der Waals surface area contributed by atoms with Gasteiger partial charge >= 0.3 is 0 Å². The molecule has 4 aromatic rings. The highest BCUT2D eigenvalue weighted by Crippen LogP contribution is 2.40. The predicted octanol–water partition coefficient (Wildman–Crippen LogP) is 6.09. The highest BCUT2D eigenvalue weighted by atomic mass is 35.5. The van der Waals surface area contributed by atoms with Crippen LogP contribution < -0.4 is 4.90 Å². The third-order valence-electron chi connectivity index (χ3n) is 4.21. The number of para-hydroxylation sites is 1. The van der Waals surface area contributed by atoms with Crippen LogP contribution in [0.15, 0.2) is 60.0 Å². The molecule has 0 N–H and O–H groups in total. The summed E-state index contributed by atoms with van der Waals surface area (Å²) < 4.78 is 0. The zero-order valence-corrected chi connectivity index (χ0v) is 15.5. The van der Waals surface area contributed by atoms with E-state index in [1.807, 2.05) is 25.2 Å². The van der Waals surface area contributed by atoms with Crippen molar-refractivity contribution in [3.8, 4) is 11.1 Å². The molecule has 3 nitrogen and oxygen atoms in total. The zero-order valence-electron chi connectivity index (χ0n) is 13.9. The van der Waals surface area contributed by atoms with Gasteiger partial charge in [-0.25, -0.2) is 4.98 Å². The van der Waals surface area contributed by atoms with Crippen LogP contribution >= 0.6 is 22.9 Å². The fourth-order valence-corrected chi connectivity index (χ4v) is 4.02. The molecule has 2 aromatic heterocycles. The van der Waals surface area contributed by atoms with Gasteiger partial charge in [-0.1, -0.05) is 48.0 Å². The molecule has 2 heterocycles. The van der Waals surface area contributed by atoms with E-state index in [0.29, 0.717) is 0 Å². The average Bonchev–Trinajstić information content (AvgIpc) is 3.05. The van der Waals surface area contributed by atoms with Crippen molar-refractivity contribution in [3.63, 3.8) is 0 Å². The number of aryl methyl sites for hydroxylation is 1. The van der Waals surface area contributed by atoms with Gasteiger partial charge in [-0.05, 0) is 36.2 Å². The Bertz CT molecular complexity index is 1030. The van der Waals surface area contributed by atoms with Crippen molar-refractivity contribution in [2.75, 3.05) is 11.9 Å². The van der Waals surface area contributed by atoms with Crippen LogP contribution in [0.25, 0.3) is 21.3 Å². The largest absolute Gasteiger partial charge is 0.329 e. The number of anilines is 2. The number of thiophene rings is 1. The molecule has 124 valence electrons. The first-order valence-corrected chi connectivity index (χ1v) is 9.20. The van der Waals surface area contributed by atoms with Crippen molar-refractivity contribution in [1.29, 1.82) is 0 Å². The molecule has 0 unspecified atom stereocenters. The molecule has 0 aliphatic heterocycles. The summed E-state index contributed by atoms with van der Waals surface area (Å²) in [6.45, 7) is 2.09. The van der Waals surface area contributed by atoms with Gasteiger partial charge in [0.2, 0.25) is 5.28 Å². The molecule has 0 saturated heterocycles. The van der Waals surface area contributed by atoms with E-state index in [1.54, 1.807) is 11.3 Å². The Labute approximate surface area is 155 Å². The molecule has 0 amide bonds. The molecule has 5 heteroatoms. The lowest BCUT2D eigenvalue weighted by atomic mass is 10.0. The summed E-state index contributed by atoms with van der Waals surface area (Å²) in [4.78, 5) is 11.9. The Balaban J connectivity index is 1.94. The molecule has 25 heavy (non-hydrogen) atoms. The maximum absolute atomic E-state index is 6.19. The molecule has 2 aromatic carbocycles. The summed E-state index contributed by atoms with van der Waals surface area (Å²) in [6, 6.07) is 18.7. The molecule has 0 spiro atoms. The summed E-state index contributed by atoms with van der Waals surface area (Å²) >= 11 is 7.78. The first-order valence-electron chi connectivity index (χ1n) is 7.94. The zero-order chi connectivity index (χ0) is 17.4. The van der Waals surface area contributed by atoms with E-state index in [-0.39, 0.29) is 5.28 Å². The number of fused-ring (bicyclic) bond motifs is 1. The molecule has 0 aliphatic rings. The van der Waals surface area contributed by atoms with E-state index < -0.39 is 0 Å². The molecule has 0 saturated carbocycles. The van der Waals surface area contributed by atoms with Crippen molar-refractivity contribution in [2.24, 2.45) is 0 Å². The molecule has 0 radical (unpaired) electrons. The van der Waals surface area contributed by atoms with Crippen LogP contribution in [0.1, 0.15) is 5.56 Å². The SMILES string of the molecule is Cc1ccc(-c2csc3nc(Cl)nc(N(C)c4ccccc4)c23)cc1. The van der Waals surface area contributed by atoms with Crippen LogP contribution in [-0.4, -0.2) is 17.0 Å². The first kappa shape index (κ1) is 16.1. The molecule has 0 atom stereocenters. The standard InChI is InChI=1S/C20H16ClN3S/c1-13-8-10-14(11-9-13)16-12-25-19-17(16)18(22-20(21)23-19)24(2)15-6-4-3-5-7-15/h3-12H,1-2H3. The summed E-state index contributed by atoms with van der Waals surface area (Å²) in [5, 5.41) is 3.43. The van der Waals surface area contributed by atoms with Gasteiger partial charge in [0, 0.05) is 23.7 Å². The molecule has 0 fully saturated rings. The Morgan fingerprint density at radius 2 is 1.68 bits per heavy atom. The van der Waals surface area contributed by atoms with Crippen LogP contribution in [0.2, 0.25) is 5.28 Å². The predicted molar refractivity (Wildman–Crippen MR) is 107 cm³/mol. The third-order valence-corrected chi connectivity index (χ3v) is 5.25. The first-order chi connectivity index (χ1) is 12.1. The quantitative estimate of drug-likeness (QED) is 0.411. The second kappa shape index (κ2) is 6.47. The number of nitrogens with zero attached hydrogens (tertiary/aromatic N) is 3. The lowest BCUT2D eigenvalue weighted by Crippen LogP contribution is -2.12. The fraction of sp³-hybridized carbons (Fsp3) is 0.100. The summed E-state index contributed by atoms with van der Waals surface area (Å²) in [5.41, 5.74) is 4.59. The Hall–Kier alpha value is -2.43. The minimum atomic E-state index is 0.266. The van der Waals surface area contributed by atoms with Gasteiger partial charge in [-0.3, -0.25) is 0 Å². The molecule has 0 aliphatic carbocycles. The average molecular weight is 366 g/mol. The Morgan fingerprint density at radius 1 is 0.960 bits per heavy atom. The highest BCUT2D eigenvalue weighted by molar-refractivity contribution is 7.17. The minimum Gasteiger partial charge on any atom is -0.329 e. The van der Waals surface area contributed by atoms with Gasteiger partial charge in [0.15, 0.2) is 0 Å². The molecular formula is C20H16ClN3S. The van der Waals surface area contributed by atoms with Crippen molar-refractivity contribution < 1.29 is 0 Å². The number of benzene rings is 2. The van der Waals surface area contributed by atoms with Crippen molar-refractivity contribution in [2.45, 2.75) is 6.92 Å². The van der Waals surface area contributed by atoms with E-state index in [9.17, 15) is 0 Å². The van der Waals surface area contributed by atoms with Gasteiger partial charge in [0.05, 0.1) is 5.39 Å². The molecule has 0 bridgehead atoms. The second-order valence-corrected chi connectivity index (χ2v) is 7.10. The van der Waals surface area contributed by atoms with Crippen molar-refractivity contribution in [3.05, 3.63) is 70.8 Å². The number of aromatic nitrogens is 2. The van der Waals surface area contributed by atoms with E-state index in [0.717, 1.165) is 32.8 Å². The number of hydrogen-bond acceptors (Lipinski definition) is 4. The van der Waals surface area contributed by atoms with E-state index in [1.165, 1.54) is 5.56 Å². The van der Waals surface area contributed by atoms with E-state index >= 15 is 0 Å². The van der Waals surface area contributed by atoms with Crippen molar-refractivity contribution >= 4 is 44.7 Å². The monoisotopic (exact) mass is 365 g/mol. The summed E-state index contributed by atoms with van der Waals surface area (Å²) in [6.07, 6.45) is 0. The summed E-state index contributed by atoms with van der Waals surface area (Å²) in [5.74, 6) is 0.818. The van der Waals surface area contributed by atoms with Crippen LogP contribution in [0.5, 0.6) is 0 Å². The van der Waals surface area contributed by atoms with Crippen molar-refractivity contribution in [1.82, 2.24) is 9.97 Å². The van der Waals surface area contributed by atoms with Gasteiger partial charge in [-0.2, -0.15) is 4.98 Å². The van der Waals surface area contributed by atoms with Gasteiger partial charge in [-0.15, -0.1) is 11.3 Å². The minimum absolute atomic E-state index is 0.266. The fourth-order valence-electron chi connectivity index (χ4n) is 2.86. The second-order valence-electron chi connectivity index (χ2n) is 5.91. The van der Waals surface area contributed by atoms with Crippen LogP contribution in [-0.2, 0) is 0 Å². The lowest BCUT2D eigenvalue weighted by Gasteiger charge is -2.20. The number of rotatable bonds is 3. The number of hydrogen-bond donors (Lipinski definition) is 0. The van der Waals surface area contributed by atoms with E-state index in [4.69, 9.17) is 11.6 Å². The van der Waals surface area contributed by atoms with Crippen LogP contribution in [0.4, 0.5) is 11.5 Å². The third kappa shape index (κ3) is 2.99. The normalized spacial score (nSPS) is 11.0. The van der Waals surface area contributed by atoms with Gasteiger partial charge < -0.3 is 4.90 Å². The van der Waals surface area contributed by atoms with Crippen LogP contribution in [0.3, 0.4) is 0 Å². The maximum atomic E-state index is 6.19. The van der Waals surface area contributed by atoms with E-state index in [2.05, 4.69) is 63.6 Å². The Morgan fingerprint density at radius 3 is 2.40 bits per heavy atom. The number of halogens is 1. The Kier molecular flexibility index (Phi) is 4.15.